The molecule has 2 aromatic heterocycles. The molecule has 1 aromatic carbocycles. The van der Waals surface area contributed by atoms with Gasteiger partial charge in [-0.15, -0.1) is 10.2 Å². The van der Waals surface area contributed by atoms with E-state index in [4.69, 9.17) is 0 Å². The molecule has 0 N–H and O–H groups in total. The Kier molecular flexibility index (Phi) is 5.41. The minimum absolute atomic E-state index is 0.408. The van der Waals surface area contributed by atoms with Gasteiger partial charge in [-0.3, -0.25) is 4.57 Å². The summed E-state index contributed by atoms with van der Waals surface area (Å²) in [7, 11) is -3.45. The minimum atomic E-state index is -3.45. The smallest absolute Gasteiger partial charge is 0.236 e. The third kappa shape index (κ3) is 4.36. The highest BCUT2D eigenvalue weighted by molar-refractivity contribution is 7.92. The van der Waals surface area contributed by atoms with Crippen LogP contribution in [0.25, 0.3) is 11.9 Å². The second kappa shape index (κ2) is 8.14. The Morgan fingerprint density at radius 3 is 2.24 bits per heavy atom. The van der Waals surface area contributed by atoms with Crippen molar-refractivity contribution in [1.82, 2.24) is 24.1 Å². The average Bonchev–Trinajstić information content (AvgIpc) is 3.19. The van der Waals surface area contributed by atoms with E-state index in [0.717, 1.165) is 17.2 Å². The monoisotopic (exact) mass is 410 g/mol. The highest BCUT2D eigenvalue weighted by atomic mass is 32.2. The van der Waals surface area contributed by atoms with Crippen LogP contribution < -0.4 is 4.90 Å². The summed E-state index contributed by atoms with van der Waals surface area (Å²) < 4.78 is 28.5. The third-order valence-electron chi connectivity index (χ3n) is 4.86. The van der Waals surface area contributed by atoms with E-state index >= 15 is 0 Å². The van der Waals surface area contributed by atoms with Crippen molar-refractivity contribution in [3.05, 3.63) is 71.7 Å². The molecular weight excluding hydrogens is 388 g/mol. The van der Waals surface area contributed by atoms with Crippen molar-refractivity contribution >= 4 is 21.9 Å². The Labute approximate surface area is 170 Å². The maximum atomic E-state index is 12.6. The molecule has 1 aliphatic rings. The number of imidazole rings is 1. The molecule has 0 spiro atoms. The summed E-state index contributed by atoms with van der Waals surface area (Å²) in [5.41, 5.74) is 0.859. The number of hydrogen-bond donors (Lipinski definition) is 0. The van der Waals surface area contributed by atoms with Crippen LogP contribution in [0.5, 0.6) is 0 Å². The van der Waals surface area contributed by atoms with E-state index in [0.29, 0.717) is 32.0 Å². The summed E-state index contributed by atoms with van der Waals surface area (Å²) >= 11 is 0. The van der Waals surface area contributed by atoms with Gasteiger partial charge in [0.25, 0.3) is 0 Å². The number of aryl methyl sites for hydroxylation is 1. The number of rotatable bonds is 5. The van der Waals surface area contributed by atoms with Gasteiger partial charge in [-0.25, -0.2) is 13.4 Å². The molecule has 8 nitrogen and oxygen atoms in total. The van der Waals surface area contributed by atoms with E-state index in [2.05, 4.69) is 15.2 Å². The maximum Gasteiger partial charge on any atom is 0.236 e. The number of nitrogens with zero attached hydrogens (tertiary/aromatic N) is 6. The fraction of sp³-hybridized carbons (Fsp3) is 0.250. The van der Waals surface area contributed by atoms with E-state index in [1.807, 2.05) is 65.1 Å². The number of hydrogen-bond acceptors (Lipinski definition) is 6. The van der Waals surface area contributed by atoms with E-state index in [1.54, 1.807) is 12.3 Å². The SMILES string of the molecule is Cc1nccn1-c1ccc(N2CCN(S(=O)(=O)/C=C/c3ccccc3)CC2)nn1. The number of anilines is 1. The van der Waals surface area contributed by atoms with Gasteiger partial charge in [-0.2, -0.15) is 4.31 Å². The quantitative estimate of drug-likeness (QED) is 0.640. The van der Waals surface area contributed by atoms with Gasteiger partial charge in [0.1, 0.15) is 5.82 Å². The molecule has 0 saturated carbocycles. The number of benzene rings is 1. The second-order valence-corrected chi connectivity index (χ2v) is 8.56. The van der Waals surface area contributed by atoms with Gasteiger partial charge in [-0.05, 0) is 30.7 Å². The normalized spacial score (nSPS) is 15.8. The summed E-state index contributed by atoms with van der Waals surface area (Å²) in [6, 6.07) is 13.2. The van der Waals surface area contributed by atoms with Crippen LogP contribution in [-0.2, 0) is 10.0 Å². The summed E-state index contributed by atoms with van der Waals surface area (Å²) in [5, 5.41) is 9.86. The van der Waals surface area contributed by atoms with Crippen molar-refractivity contribution in [2.24, 2.45) is 0 Å². The molecule has 150 valence electrons. The fourth-order valence-corrected chi connectivity index (χ4v) is 4.40. The number of piperazine rings is 1. The van der Waals surface area contributed by atoms with Gasteiger partial charge in [-0.1, -0.05) is 30.3 Å². The first-order chi connectivity index (χ1) is 14.0. The molecule has 0 aliphatic carbocycles. The molecular formula is C20H22N6O2S. The van der Waals surface area contributed by atoms with Crippen molar-refractivity contribution in [3.63, 3.8) is 0 Å². The van der Waals surface area contributed by atoms with Gasteiger partial charge >= 0.3 is 0 Å². The third-order valence-corrected chi connectivity index (χ3v) is 6.43. The summed E-state index contributed by atoms with van der Waals surface area (Å²) in [6.45, 7) is 3.85. The van der Waals surface area contributed by atoms with Gasteiger partial charge < -0.3 is 4.90 Å². The predicted octanol–water partition coefficient (Wildman–Crippen LogP) is 2.09. The molecule has 3 heterocycles. The molecule has 9 heteroatoms. The molecule has 4 rings (SSSR count). The highest BCUT2D eigenvalue weighted by Crippen LogP contribution is 2.17. The molecule has 0 amide bonds. The van der Waals surface area contributed by atoms with Crippen LogP contribution in [0, 0.1) is 6.92 Å². The molecule has 1 saturated heterocycles. The molecule has 1 aliphatic heterocycles. The predicted molar refractivity (Wildman–Crippen MR) is 112 cm³/mol. The molecule has 0 atom stereocenters. The largest absolute Gasteiger partial charge is 0.352 e. The zero-order valence-electron chi connectivity index (χ0n) is 16.1. The van der Waals surface area contributed by atoms with Crippen LogP contribution in [0.1, 0.15) is 11.4 Å². The molecule has 0 unspecified atom stereocenters. The van der Waals surface area contributed by atoms with Gasteiger partial charge in [0.2, 0.25) is 10.0 Å². The van der Waals surface area contributed by atoms with Crippen LogP contribution in [0.4, 0.5) is 5.82 Å². The fourth-order valence-electron chi connectivity index (χ4n) is 3.22. The van der Waals surface area contributed by atoms with E-state index in [-0.39, 0.29) is 0 Å². The lowest BCUT2D eigenvalue weighted by Gasteiger charge is -2.33. The topological polar surface area (TPSA) is 84.2 Å². The van der Waals surface area contributed by atoms with Crippen molar-refractivity contribution in [1.29, 1.82) is 0 Å². The average molecular weight is 411 g/mol. The van der Waals surface area contributed by atoms with Gasteiger partial charge in [0.15, 0.2) is 11.6 Å². The standard InChI is InChI=1S/C20H22N6O2S/c1-17-21-10-11-26(17)20-8-7-19(22-23-20)24-12-14-25(15-13-24)29(27,28)16-9-18-5-3-2-4-6-18/h2-11,16H,12-15H2,1H3/b16-9+. The molecule has 0 bridgehead atoms. The first-order valence-corrected chi connectivity index (χ1v) is 10.9. The molecule has 3 aromatic rings. The first kappa shape index (κ1) is 19.3. The Morgan fingerprint density at radius 1 is 0.931 bits per heavy atom. The molecule has 29 heavy (non-hydrogen) atoms. The zero-order valence-corrected chi connectivity index (χ0v) is 16.9. The lowest BCUT2D eigenvalue weighted by atomic mass is 10.2. The van der Waals surface area contributed by atoms with Crippen molar-refractivity contribution in [2.45, 2.75) is 6.92 Å². The summed E-state index contributed by atoms with van der Waals surface area (Å²) in [6.07, 6.45) is 5.19. The van der Waals surface area contributed by atoms with E-state index < -0.39 is 10.0 Å². The van der Waals surface area contributed by atoms with Crippen LogP contribution in [0.3, 0.4) is 0 Å². The van der Waals surface area contributed by atoms with Crippen molar-refractivity contribution < 1.29 is 8.42 Å². The summed E-state index contributed by atoms with van der Waals surface area (Å²) in [4.78, 5) is 6.23. The van der Waals surface area contributed by atoms with Crippen LogP contribution in [-0.4, -0.2) is 58.7 Å². The second-order valence-electron chi connectivity index (χ2n) is 6.74. The maximum absolute atomic E-state index is 12.6. The molecule has 1 fully saturated rings. The van der Waals surface area contributed by atoms with Gasteiger partial charge in [0.05, 0.1) is 0 Å². The molecule has 0 radical (unpaired) electrons. The Balaban J connectivity index is 1.39. The first-order valence-electron chi connectivity index (χ1n) is 9.35. The van der Waals surface area contributed by atoms with E-state index in [1.165, 1.54) is 9.71 Å². The highest BCUT2D eigenvalue weighted by Gasteiger charge is 2.25. The lowest BCUT2D eigenvalue weighted by molar-refractivity contribution is 0.388. The Hall–Kier alpha value is -3.04. The number of sulfonamides is 1. The van der Waals surface area contributed by atoms with Crippen LogP contribution in [0.2, 0.25) is 0 Å². The summed E-state index contributed by atoms with van der Waals surface area (Å²) in [5.74, 6) is 2.29. The van der Waals surface area contributed by atoms with Crippen molar-refractivity contribution in [3.8, 4) is 5.82 Å². The Bertz CT molecular complexity index is 1090. The minimum Gasteiger partial charge on any atom is -0.352 e. The Morgan fingerprint density at radius 2 is 1.62 bits per heavy atom. The van der Waals surface area contributed by atoms with Gasteiger partial charge in [0, 0.05) is 44.0 Å². The van der Waals surface area contributed by atoms with E-state index in [9.17, 15) is 8.42 Å². The van der Waals surface area contributed by atoms with Crippen molar-refractivity contribution in [2.75, 3.05) is 31.1 Å². The van der Waals surface area contributed by atoms with Crippen LogP contribution >= 0.6 is 0 Å². The lowest BCUT2D eigenvalue weighted by Crippen LogP contribution is -2.48. The van der Waals surface area contributed by atoms with Crippen LogP contribution in [0.15, 0.2) is 60.3 Å². The number of aromatic nitrogens is 4. The zero-order chi connectivity index (χ0) is 20.3.